The minimum Gasteiger partial charge on any atom is -0.462 e. The molecule has 0 spiro atoms. The van der Waals surface area contributed by atoms with Gasteiger partial charge in [-0.3, -0.25) is 14.4 Å². The van der Waals surface area contributed by atoms with Gasteiger partial charge in [0, 0.05) is 19.3 Å². The lowest BCUT2D eigenvalue weighted by Crippen LogP contribution is -2.30. The van der Waals surface area contributed by atoms with Crippen LogP contribution in [0.5, 0.6) is 0 Å². The normalized spacial score (nSPS) is 12.7. The van der Waals surface area contributed by atoms with E-state index in [9.17, 15) is 14.4 Å². The summed E-state index contributed by atoms with van der Waals surface area (Å²) in [6.07, 6.45) is 72.0. The Hall–Kier alpha value is -3.41. The number of hydrogen-bond acceptors (Lipinski definition) is 6. The molecule has 0 saturated heterocycles. The van der Waals surface area contributed by atoms with Gasteiger partial charge in [0.05, 0.1) is 0 Å². The molecule has 6 nitrogen and oxygen atoms in total. The molecule has 6 heteroatoms. The Morgan fingerprint density at radius 2 is 0.582 bits per heavy atom. The average Bonchev–Trinajstić information content (AvgIpc) is 3.33. The Kier molecular flexibility index (Phi) is 52.4. The molecule has 0 bridgehead atoms. The average molecular weight is 933 g/mol. The van der Waals surface area contributed by atoms with Crippen LogP contribution in [0.1, 0.15) is 265 Å². The molecule has 0 aliphatic carbocycles. The first-order chi connectivity index (χ1) is 33.0. The molecule has 0 saturated carbocycles. The van der Waals surface area contributed by atoms with Crippen molar-refractivity contribution in [2.75, 3.05) is 13.2 Å². The van der Waals surface area contributed by atoms with Gasteiger partial charge in [0.25, 0.3) is 0 Å². The van der Waals surface area contributed by atoms with Gasteiger partial charge in [-0.25, -0.2) is 0 Å². The second-order valence-electron chi connectivity index (χ2n) is 18.5. The van der Waals surface area contributed by atoms with Gasteiger partial charge in [-0.2, -0.15) is 0 Å². The minimum atomic E-state index is -0.769. The molecule has 1 atom stereocenters. The van der Waals surface area contributed by atoms with Crippen LogP contribution < -0.4 is 0 Å². The zero-order valence-corrected chi connectivity index (χ0v) is 43.9. The summed E-state index contributed by atoms with van der Waals surface area (Å²) in [5, 5.41) is 0. The van der Waals surface area contributed by atoms with Crippen LogP contribution in [0, 0.1) is 0 Å². The van der Waals surface area contributed by atoms with Crippen LogP contribution in [0.4, 0.5) is 0 Å². The van der Waals surface area contributed by atoms with Crippen molar-refractivity contribution < 1.29 is 28.6 Å². The third-order valence-corrected chi connectivity index (χ3v) is 11.9. The number of rotatable bonds is 50. The number of esters is 3. The Balaban J connectivity index is 3.97. The Morgan fingerprint density at radius 3 is 0.910 bits per heavy atom. The molecule has 384 valence electrons. The van der Waals surface area contributed by atoms with Crippen molar-refractivity contribution in [3.8, 4) is 0 Å². The third kappa shape index (κ3) is 53.4. The van der Waals surface area contributed by atoms with Gasteiger partial charge >= 0.3 is 17.9 Å². The van der Waals surface area contributed by atoms with Gasteiger partial charge < -0.3 is 14.2 Å². The topological polar surface area (TPSA) is 78.9 Å². The molecule has 0 aromatic carbocycles. The first-order valence-corrected chi connectivity index (χ1v) is 28.1. The van der Waals surface area contributed by atoms with Crippen LogP contribution in [0.15, 0.2) is 85.1 Å². The van der Waals surface area contributed by atoms with E-state index >= 15 is 0 Å². The first kappa shape index (κ1) is 63.6. The van der Waals surface area contributed by atoms with Gasteiger partial charge in [-0.1, -0.05) is 254 Å². The largest absolute Gasteiger partial charge is 0.462 e. The maximum Gasteiger partial charge on any atom is 0.306 e. The van der Waals surface area contributed by atoms with Crippen molar-refractivity contribution in [2.24, 2.45) is 0 Å². The molecule has 0 aliphatic heterocycles. The third-order valence-electron chi connectivity index (χ3n) is 11.9. The zero-order valence-electron chi connectivity index (χ0n) is 43.9. The maximum atomic E-state index is 12.7. The summed E-state index contributed by atoms with van der Waals surface area (Å²) in [5.74, 6) is -0.889. The Labute approximate surface area is 414 Å². The van der Waals surface area contributed by atoms with Crippen molar-refractivity contribution in [1.82, 2.24) is 0 Å². The summed E-state index contributed by atoms with van der Waals surface area (Å²) in [6, 6.07) is 0. The number of hydrogen-bond donors (Lipinski definition) is 0. The minimum absolute atomic E-state index is 0.0747. The quantitative estimate of drug-likeness (QED) is 0.0262. The second kappa shape index (κ2) is 55.2. The van der Waals surface area contributed by atoms with Crippen molar-refractivity contribution in [1.29, 1.82) is 0 Å². The highest BCUT2D eigenvalue weighted by Crippen LogP contribution is 2.15. The fraction of sp³-hybridized carbons (Fsp3) is 0.721. The van der Waals surface area contributed by atoms with E-state index in [0.717, 1.165) is 109 Å². The summed E-state index contributed by atoms with van der Waals surface area (Å²) < 4.78 is 16.7. The molecule has 0 aromatic heterocycles. The van der Waals surface area contributed by atoms with Crippen molar-refractivity contribution in [3.05, 3.63) is 85.1 Å². The zero-order chi connectivity index (χ0) is 48.6. The summed E-state index contributed by atoms with van der Waals surface area (Å²) in [7, 11) is 0. The number of allylic oxidation sites excluding steroid dienone is 14. The van der Waals surface area contributed by atoms with Gasteiger partial charge in [0.15, 0.2) is 6.10 Å². The number of ether oxygens (including phenoxy) is 3. The lowest BCUT2D eigenvalue weighted by molar-refractivity contribution is -0.167. The van der Waals surface area contributed by atoms with E-state index in [1.54, 1.807) is 0 Å². The number of carbonyl (C=O) groups is 3. The predicted molar refractivity (Wildman–Crippen MR) is 288 cm³/mol. The van der Waals surface area contributed by atoms with E-state index in [-0.39, 0.29) is 31.1 Å². The standard InChI is InChI=1S/C61H104O6/c1-4-7-10-13-15-17-19-20-21-22-23-24-25-26-27-28-29-30-31-32-33-34-35-36-37-38-39-40-42-43-45-48-51-54-60(63)66-57-58(56-65-59(62)53-50-47-12-9-6-3)67-61(64)55-52-49-46-44-41-18-16-14-11-8-5-2/h7,10,15,17,20-21,23-24,26-27,29-30,32-33,58H,4-6,8-9,11-14,16,18-19,22,25,28,31,34-57H2,1-3H3/b10-7-,17-15-,21-20-,24-23-,27-26-,30-29-,33-32-. The van der Waals surface area contributed by atoms with Gasteiger partial charge in [0.2, 0.25) is 0 Å². The molecule has 0 fully saturated rings. The van der Waals surface area contributed by atoms with E-state index in [2.05, 4.69) is 106 Å². The lowest BCUT2D eigenvalue weighted by atomic mass is 10.0. The van der Waals surface area contributed by atoms with Crippen LogP contribution in [0.2, 0.25) is 0 Å². The number of unbranched alkanes of at least 4 members (excludes halogenated alkanes) is 25. The molecular weight excluding hydrogens is 829 g/mol. The molecule has 0 aromatic rings. The van der Waals surface area contributed by atoms with Gasteiger partial charge in [-0.05, 0) is 77.0 Å². The van der Waals surface area contributed by atoms with Crippen molar-refractivity contribution >= 4 is 17.9 Å². The van der Waals surface area contributed by atoms with E-state index in [1.807, 2.05) is 0 Å². The predicted octanol–water partition coefficient (Wildman–Crippen LogP) is 18.8. The SMILES string of the molecule is CC/C=C\C/C=C\C/C=C\C/C=C\C/C=C\C/C=C\C/C=C\CCCCCCCCCCCCCC(=O)OCC(COC(=O)CCCCCCC)OC(=O)CCCCCCCCCCCCC. The van der Waals surface area contributed by atoms with Crippen LogP contribution in [-0.2, 0) is 28.6 Å². The summed E-state index contributed by atoms with van der Waals surface area (Å²) in [6.45, 7) is 6.43. The van der Waals surface area contributed by atoms with E-state index in [4.69, 9.17) is 14.2 Å². The summed E-state index contributed by atoms with van der Waals surface area (Å²) in [5.41, 5.74) is 0. The fourth-order valence-corrected chi connectivity index (χ4v) is 7.72. The van der Waals surface area contributed by atoms with E-state index < -0.39 is 6.10 Å². The molecule has 0 radical (unpaired) electrons. The highest BCUT2D eigenvalue weighted by molar-refractivity contribution is 5.71. The van der Waals surface area contributed by atoms with Crippen LogP contribution in [-0.4, -0.2) is 37.2 Å². The Bertz CT molecular complexity index is 1300. The molecule has 0 aliphatic rings. The molecule has 67 heavy (non-hydrogen) atoms. The molecule has 0 N–H and O–H groups in total. The van der Waals surface area contributed by atoms with Gasteiger partial charge in [-0.15, -0.1) is 0 Å². The van der Waals surface area contributed by atoms with Crippen LogP contribution in [0.25, 0.3) is 0 Å². The number of carbonyl (C=O) groups excluding carboxylic acids is 3. The van der Waals surface area contributed by atoms with E-state index in [0.29, 0.717) is 19.3 Å². The second-order valence-corrected chi connectivity index (χ2v) is 18.5. The molecule has 1 unspecified atom stereocenters. The molecular formula is C61H104O6. The Morgan fingerprint density at radius 1 is 0.313 bits per heavy atom. The lowest BCUT2D eigenvalue weighted by Gasteiger charge is -2.18. The van der Waals surface area contributed by atoms with Crippen LogP contribution >= 0.6 is 0 Å². The monoisotopic (exact) mass is 933 g/mol. The molecule has 0 rings (SSSR count). The van der Waals surface area contributed by atoms with Crippen molar-refractivity contribution in [2.45, 2.75) is 271 Å². The van der Waals surface area contributed by atoms with E-state index in [1.165, 1.54) is 116 Å². The fourth-order valence-electron chi connectivity index (χ4n) is 7.72. The maximum absolute atomic E-state index is 12.7. The summed E-state index contributed by atoms with van der Waals surface area (Å²) in [4.78, 5) is 37.6. The van der Waals surface area contributed by atoms with Crippen LogP contribution in [0.3, 0.4) is 0 Å². The smallest absolute Gasteiger partial charge is 0.306 e. The summed E-state index contributed by atoms with van der Waals surface area (Å²) >= 11 is 0. The molecule has 0 heterocycles. The first-order valence-electron chi connectivity index (χ1n) is 28.1. The molecule has 0 amide bonds. The van der Waals surface area contributed by atoms with Crippen molar-refractivity contribution in [3.63, 3.8) is 0 Å². The highest BCUT2D eigenvalue weighted by atomic mass is 16.6. The highest BCUT2D eigenvalue weighted by Gasteiger charge is 2.19. The van der Waals surface area contributed by atoms with Gasteiger partial charge in [0.1, 0.15) is 13.2 Å².